The minimum absolute atomic E-state index is 0.00958. The molecule has 1 saturated heterocycles. The van der Waals surface area contributed by atoms with E-state index in [1.807, 2.05) is 24.3 Å². The Morgan fingerprint density at radius 3 is 2.64 bits per heavy atom. The molecule has 1 amide bonds. The Balaban J connectivity index is 1.71. The molecule has 1 aliphatic heterocycles. The first-order valence-electron chi connectivity index (χ1n) is 7.43. The van der Waals surface area contributed by atoms with Crippen molar-refractivity contribution < 1.29 is 19.1 Å². The topological polar surface area (TPSA) is 72.5 Å². The number of carbonyl (C=O) groups excluding carboxylic acids is 3. The second-order valence-electron chi connectivity index (χ2n) is 6.17. The quantitative estimate of drug-likeness (QED) is 0.514. The number of ether oxygens (including phenoxy) is 1. The monoisotopic (exact) mass is 297 g/mol. The second kappa shape index (κ2) is 4.53. The van der Waals surface area contributed by atoms with E-state index in [0.717, 1.165) is 6.42 Å². The molecule has 5 nitrogen and oxygen atoms in total. The van der Waals surface area contributed by atoms with Gasteiger partial charge in [0.15, 0.2) is 0 Å². The molecule has 1 heterocycles. The maximum absolute atomic E-state index is 12.9. The number of anilines is 1. The first kappa shape index (κ1) is 13.2. The van der Waals surface area contributed by atoms with Crippen molar-refractivity contribution in [3.05, 3.63) is 42.5 Å². The van der Waals surface area contributed by atoms with Crippen molar-refractivity contribution in [1.29, 1.82) is 0 Å². The van der Waals surface area contributed by atoms with E-state index in [1.165, 1.54) is 0 Å². The van der Waals surface area contributed by atoms with Crippen molar-refractivity contribution >= 4 is 23.5 Å². The standard InChI is InChI=1S/C17H15NO4/c19-14-12-10-6-8-17(9-7-10,13(12)15(20)22-14)16(21)18-11-4-2-1-3-5-11/h1-6,8,10,12-13H,7,9H2,(H,18,21). The molecule has 3 aliphatic carbocycles. The molecule has 5 rings (SSSR count). The van der Waals surface area contributed by atoms with Gasteiger partial charge in [-0.15, -0.1) is 0 Å². The molecule has 1 aromatic carbocycles. The van der Waals surface area contributed by atoms with Crippen molar-refractivity contribution in [1.82, 2.24) is 0 Å². The first-order chi connectivity index (χ1) is 10.6. The molecule has 0 aromatic heterocycles. The van der Waals surface area contributed by atoms with E-state index < -0.39 is 29.2 Å². The smallest absolute Gasteiger partial charge is 0.318 e. The number of rotatable bonds is 2. The fourth-order valence-electron chi connectivity index (χ4n) is 4.00. The lowest BCUT2D eigenvalue weighted by molar-refractivity contribution is -0.155. The lowest BCUT2D eigenvalue weighted by Crippen LogP contribution is -2.52. The van der Waals surface area contributed by atoms with E-state index >= 15 is 0 Å². The molecule has 4 unspecified atom stereocenters. The lowest BCUT2D eigenvalue weighted by atomic mass is 9.54. The number of hydrogen-bond acceptors (Lipinski definition) is 4. The first-order valence-corrected chi connectivity index (χ1v) is 7.43. The van der Waals surface area contributed by atoms with Crippen LogP contribution in [-0.4, -0.2) is 17.8 Å². The number of benzene rings is 1. The zero-order valence-electron chi connectivity index (χ0n) is 11.8. The largest absolute Gasteiger partial charge is 0.393 e. The van der Waals surface area contributed by atoms with Crippen LogP contribution >= 0.6 is 0 Å². The molecule has 2 bridgehead atoms. The molecule has 1 N–H and O–H groups in total. The summed E-state index contributed by atoms with van der Waals surface area (Å²) in [6.45, 7) is 0. The third-order valence-corrected chi connectivity index (χ3v) is 5.09. The van der Waals surface area contributed by atoms with E-state index in [0.29, 0.717) is 12.1 Å². The van der Waals surface area contributed by atoms with Crippen LogP contribution in [0.4, 0.5) is 5.69 Å². The average Bonchev–Trinajstić information content (AvgIpc) is 2.87. The summed E-state index contributed by atoms with van der Waals surface area (Å²) in [6, 6.07) is 9.11. The maximum Gasteiger partial charge on any atom is 0.318 e. The zero-order chi connectivity index (χ0) is 15.3. The third-order valence-electron chi connectivity index (χ3n) is 5.09. The summed E-state index contributed by atoms with van der Waals surface area (Å²) in [6.07, 6.45) is 4.99. The maximum atomic E-state index is 12.9. The molecule has 1 saturated carbocycles. The van der Waals surface area contributed by atoms with Gasteiger partial charge in [-0.05, 0) is 30.9 Å². The minimum Gasteiger partial charge on any atom is -0.393 e. The van der Waals surface area contributed by atoms with Crippen LogP contribution in [0.15, 0.2) is 42.5 Å². The van der Waals surface area contributed by atoms with Gasteiger partial charge in [0, 0.05) is 5.69 Å². The number of amides is 1. The van der Waals surface area contributed by atoms with Crippen molar-refractivity contribution in [3.63, 3.8) is 0 Å². The highest BCUT2D eigenvalue weighted by Crippen LogP contribution is 2.56. The van der Waals surface area contributed by atoms with E-state index in [1.54, 1.807) is 18.2 Å². The molecule has 112 valence electrons. The van der Waals surface area contributed by atoms with Crippen LogP contribution < -0.4 is 5.32 Å². The summed E-state index contributed by atoms with van der Waals surface area (Å²) in [4.78, 5) is 36.9. The fourth-order valence-corrected chi connectivity index (χ4v) is 4.00. The Morgan fingerprint density at radius 2 is 1.95 bits per heavy atom. The highest BCUT2D eigenvalue weighted by Gasteiger charge is 2.64. The number of hydrogen-bond donors (Lipinski definition) is 1. The SMILES string of the molecule is O=C1OC(=O)C2C1C1C=CC2(C(=O)Nc2ccccc2)CC1. The number of esters is 2. The predicted octanol–water partition coefficient (Wildman–Crippen LogP) is 1.91. The van der Waals surface area contributed by atoms with Gasteiger partial charge in [0.1, 0.15) is 0 Å². The number of allylic oxidation sites excluding steroid dienone is 1. The van der Waals surface area contributed by atoms with Gasteiger partial charge in [-0.1, -0.05) is 30.4 Å². The van der Waals surface area contributed by atoms with Gasteiger partial charge in [-0.3, -0.25) is 14.4 Å². The van der Waals surface area contributed by atoms with Crippen LogP contribution in [0, 0.1) is 23.2 Å². The minimum atomic E-state index is -0.974. The molecule has 0 radical (unpaired) electrons. The fraction of sp³-hybridized carbons (Fsp3) is 0.353. The lowest BCUT2D eigenvalue weighted by Gasteiger charge is -2.45. The van der Waals surface area contributed by atoms with Gasteiger partial charge in [-0.25, -0.2) is 0 Å². The van der Waals surface area contributed by atoms with Crippen LogP contribution in [0.1, 0.15) is 12.8 Å². The summed E-state index contributed by atoms with van der Waals surface area (Å²) in [7, 11) is 0. The van der Waals surface area contributed by atoms with E-state index in [9.17, 15) is 14.4 Å². The number of para-hydroxylation sites is 1. The Bertz CT molecular complexity index is 696. The highest BCUT2D eigenvalue weighted by atomic mass is 16.6. The van der Waals surface area contributed by atoms with E-state index in [4.69, 9.17) is 4.74 Å². The van der Waals surface area contributed by atoms with Gasteiger partial charge < -0.3 is 10.1 Å². The summed E-state index contributed by atoms with van der Waals surface area (Å²) in [5.74, 6) is -2.47. The summed E-state index contributed by atoms with van der Waals surface area (Å²) in [5, 5.41) is 2.87. The van der Waals surface area contributed by atoms with Crippen molar-refractivity contribution in [3.8, 4) is 0 Å². The van der Waals surface area contributed by atoms with E-state index in [-0.39, 0.29) is 11.8 Å². The molecule has 2 fully saturated rings. The Morgan fingerprint density at radius 1 is 1.18 bits per heavy atom. The number of fused-ring (bicyclic) bond motifs is 1. The Kier molecular flexibility index (Phi) is 2.73. The van der Waals surface area contributed by atoms with Crippen LogP contribution in [0.3, 0.4) is 0 Å². The Hall–Kier alpha value is -2.43. The summed E-state index contributed by atoms with van der Waals surface area (Å²) >= 11 is 0. The van der Waals surface area contributed by atoms with Gasteiger partial charge in [-0.2, -0.15) is 0 Å². The molecular weight excluding hydrogens is 282 g/mol. The molecular formula is C17H15NO4. The van der Waals surface area contributed by atoms with Crippen LogP contribution in [0.25, 0.3) is 0 Å². The molecule has 5 heteroatoms. The third kappa shape index (κ3) is 1.68. The molecule has 0 spiro atoms. The van der Waals surface area contributed by atoms with Crippen LogP contribution in [0.5, 0.6) is 0 Å². The van der Waals surface area contributed by atoms with E-state index in [2.05, 4.69) is 5.32 Å². The molecule has 4 atom stereocenters. The van der Waals surface area contributed by atoms with Crippen molar-refractivity contribution in [2.75, 3.05) is 5.32 Å². The highest BCUT2D eigenvalue weighted by molar-refractivity contribution is 6.05. The predicted molar refractivity (Wildman–Crippen MR) is 77.4 cm³/mol. The molecule has 1 aromatic rings. The van der Waals surface area contributed by atoms with Gasteiger partial charge in [0.05, 0.1) is 17.3 Å². The van der Waals surface area contributed by atoms with Crippen LogP contribution in [-0.2, 0) is 19.1 Å². The summed E-state index contributed by atoms with van der Waals surface area (Å²) < 4.78 is 4.82. The summed E-state index contributed by atoms with van der Waals surface area (Å²) in [5.41, 5.74) is -0.296. The van der Waals surface area contributed by atoms with Gasteiger partial charge in [0.2, 0.25) is 5.91 Å². The molecule has 4 aliphatic rings. The Labute approximate surface area is 127 Å². The number of cyclic esters (lactones) is 2. The number of carbonyl (C=O) groups is 3. The average molecular weight is 297 g/mol. The van der Waals surface area contributed by atoms with Crippen LogP contribution in [0.2, 0.25) is 0 Å². The zero-order valence-corrected chi connectivity index (χ0v) is 11.8. The van der Waals surface area contributed by atoms with Gasteiger partial charge in [0.25, 0.3) is 0 Å². The second-order valence-corrected chi connectivity index (χ2v) is 6.17. The molecule has 22 heavy (non-hydrogen) atoms. The van der Waals surface area contributed by atoms with Crippen molar-refractivity contribution in [2.24, 2.45) is 23.2 Å². The van der Waals surface area contributed by atoms with Crippen molar-refractivity contribution in [2.45, 2.75) is 12.8 Å². The van der Waals surface area contributed by atoms with Gasteiger partial charge >= 0.3 is 11.9 Å². The normalized spacial score (nSPS) is 35.2. The number of nitrogens with one attached hydrogen (secondary N) is 1.